The van der Waals surface area contributed by atoms with E-state index in [1.807, 2.05) is 18.2 Å². The first-order valence-electron chi connectivity index (χ1n) is 10.3. The molecular formula is C29H20ClN. The molecule has 0 saturated heterocycles. The molecule has 4 aromatic carbocycles. The second-order valence-electron chi connectivity index (χ2n) is 7.45. The predicted molar refractivity (Wildman–Crippen MR) is 131 cm³/mol. The quantitative estimate of drug-likeness (QED) is 0.267. The average Bonchev–Trinajstić information content (AvgIpc) is 2.85. The SMILES string of the molecule is Clc1cc(-c2ccc(-c3ccccc3)cc2)cc(-c2ccc(-c3ccccc3)cc2)n1. The van der Waals surface area contributed by atoms with Crippen LogP contribution in [-0.4, -0.2) is 4.98 Å². The highest BCUT2D eigenvalue weighted by molar-refractivity contribution is 6.29. The number of pyridine rings is 1. The minimum Gasteiger partial charge on any atom is -0.236 e. The van der Waals surface area contributed by atoms with Crippen LogP contribution in [0.5, 0.6) is 0 Å². The van der Waals surface area contributed by atoms with E-state index in [1.165, 1.54) is 22.3 Å². The molecule has 0 N–H and O–H groups in total. The average molecular weight is 418 g/mol. The maximum Gasteiger partial charge on any atom is 0.130 e. The number of benzene rings is 4. The Labute approximate surface area is 187 Å². The van der Waals surface area contributed by atoms with Crippen LogP contribution < -0.4 is 0 Å². The van der Waals surface area contributed by atoms with Crippen molar-refractivity contribution < 1.29 is 0 Å². The Morgan fingerprint density at radius 1 is 0.387 bits per heavy atom. The zero-order valence-corrected chi connectivity index (χ0v) is 17.6. The van der Waals surface area contributed by atoms with Gasteiger partial charge in [-0.2, -0.15) is 0 Å². The van der Waals surface area contributed by atoms with Crippen molar-refractivity contribution in [1.82, 2.24) is 4.98 Å². The Morgan fingerprint density at radius 3 is 1.26 bits per heavy atom. The molecule has 1 heterocycles. The lowest BCUT2D eigenvalue weighted by Crippen LogP contribution is -1.88. The first kappa shape index (κ1) is 19.3. The maximum atomic E-state index is 6.39. The molecule has 2 heteroatoms. The largest absolute Gasteiger partial charge is 0.236 e. The van der Waals surface area contributed by atoms with Gasteiger partial charge >= 0.3 is 0 Å². The molecule has 5 aromatic rings. The summed E-state index contributed by atoms with van der Waals surface area (Å²) in [6.45, 7) is 0. The monoisotopic (exact) mass is 417 g/mol. The fraction of sp³-hybridized carbons (Fsp3) is 0. The molecule has 0 aliphatic rings. The van der Waals surface area contributed by atoms with E-state index in [-0.39, 0.29) is 0 Å². The summed E-state index contributed by atoms with van der Waals surface area (Å²) in [6.07, 6.45) is 0. The number of halogens is 1. The van der Waals surface area contributed by atoms with Crippen LogP contribution in [0.3, 0.4) is 0 Å². The lowest BCUT2D eigenvalue weighted by molar-refractivity contribution is 1.32. The summed E-state index contributed by atoms with van der Waals surface area (Å²) in [5.41, 5.74) is 8.88. The molecule has 0 amide bonds. The van der Waals surface area contributed by atoms with Gasteiger partial charge in [-0.15, -0.1) is 0 Å². The fourth-order valence-electron chi connectivity index (χ4n) is 3.76. The lowest BCUT2D eigenvalue weighted by atomic mass is 9.99. The molecule has 0 aliphatic carbocycles. The highest BCUT2D eigenvalue weighted by Crippen LogP contribution is 2.30. The van der Waals surface area contributed by atoms with E-state index >= 15 is 0 Å². The maximum absolute atomic E-state index is 6.39. The Kier molecular flexibility index (Phi) is 5.35. The van der Waals surface area contributed by atoms with Gasteiger partial charge in [-0.3, -0.25) is 0 Å². The smallest absolute Gasteiger partial charge is 0.130 e. The van der Waals surface area contributed by atoms with Crippen molar-refractivity contribution in [2.75, 3.05) is 0 Å². The van der Waals surface area contributed by atoms with Crippen LogP contribution in [0.15, 0.2) is 121 Å². The van der Waals surface area contributed by atoms with Gasteiger partial charge in [0, 0.05) is 5.56 Å². The normalized spacial score (nSPS) is 10.7. The number of nitrogens with zero attached hydrogens (tertiary/aromatic N) is 1. The molecular weight excluding hydrogens is 398 g/mol. The zero-order valence-electron chi connectivity index (χ0n) is 16.9. The van der Waals surface area contributed by atoms with Gasteiger partial charge in [0.2, 0.25) is 0 Å². The number of hydrogen-bond acceptors (Lipinski definition) is 1. The molecule has 1 aromatic heterocycles. The van der Waals surface area contributed by atoms with Crippen LogP contribution in [0.2, 0.25) is 5.15 Å². The summed E-state index contributed by atoms with van der Waals surface area (Å²) in [5.74, 6) is 0. The molecule has 0 aliphatic heterocycles. The molecule has 0 atom stereocenters. The summed E-state index contributed by atoms with van der Waals surface area (Å²) >= 11 is 6.39. The van der Waals surface area contributed by atoms with E-state index in [9.17, 15) is 0 Å². The van der Waals surface area contributed by atoms with Gasteiger partial charge in [0.15, 0.2) is 0 Å². The highest BCUT2D eigenvalue weighted by atomic mass is 35.5. The third-order valence-corrected chi connectivity index (χ3v) is 5.60. The van der Waals surface area contributed by atoms with Crippen molar-refractivity contribution >= 4 is 11.6 Å². The summed E-state index contributed by atoms with van der Waals surface area (Å²) < 4.78 is 0. The van der Waals surface area contributed by atoms with Gasteiger partial charge in [0.25, 0.3) is 0 Å². The van der Waals surface area contributed by atoms with Gasteiger partial charge in [0.1, 0.15) is 5.15 Å². The van der Waals surface area contributed by atoms with Gasteiger partial charge < -0.3 is 0 Å². The molecule has 0 fully saturated rings. The molecule has 148 valence electrons. The molecule has 1 nitrogen and oxygen atoms in total. The zero-order chi connectivity index (χ0) is 21.0. The van der Waals surface area contributed by atoms with Crippen molar-refractivity contribution in [3.8, 4) is 44.6 Å². The van der Waals surface area contributed by atoms with Crippen molar-refractivity contribution in [3.05, 3.63) is 126 Å². The standard InChI is InChI=1S/C29H20ClN/c30-29-20-27(25-13-11-23(12-14-25)21-7-3-1-4-8-21)19-28(31-29)26-17-15-24(16-18-26)22-9-5-2-6-10-22/h1-20H. The highest BCUT2D eigenvalue weighted by Gasteiger charge is 2.07. The van der Waals surface area contributed by atoms with E-state index in [0.717, 1.165) is 22.4 Å². The van der Waals surface area contributed by atoms with Crippen LogP contribution in [-0.2, 0) is 0 Å². The van der Waals surface area contributed by atoms with Crippen LogP contribution in [0.1, 0.15) is 0 Å². The molecule has 0 bridgehead atoms. The lowest BCUT2D eigenvalue weighted by Gasteiger charge is -2.09. The van der Waals surface area contributed by atoms with Crippen LogP contribution in [0, 0.1) is 0 Å². The molecule has 5 rings (SSSR count). The van der Waals surface area contributed by atoms with E-state index in [1.54, 1.807) is 0 Å². The van der Waals surface area contributed by atoms with Crippen molar-refractivity contribution in [3.63, 3.8) is 0 Å². The van der Waals surface area contributed by atoms with E-state index in [2.05, 4.69) is 108 Å². The van der Waals surface area contributed by atoms with Crippen molar-refractivity contribution in [1.29, 1.82) is 0 Å². The number of aromatic nitrogens is 1. The first-order chi connectivity index (χ1) is 15.3. The van der Waals surface area contributed by atoms with Gasteiger partial charge in [0.05, 0.1) is 5.69 Å². The Balaban J connectivity index is 1.45. The minimum absolute atomic E-state index is 0.492. The predicted octanol–water partition coefficient (Wildman–Crippen LogP) is 8.40. The summed E-state index contributed by atoms with van der Waals surface area (Å²) in [4.78, 5) is 4.56. The van der Waals surface area contributed by atoms with Crippen LogP contribution in [0.4, 0.5) is 0 Å². The van der Waals surface area contributed by atoms with E-state index in [0.29, 0.717) is 5.15 Å². The van der Waals surface area contributed by atoms with Gasteiger partial charge in [-0.1, -0.05) is 121 Å². The summed E-state index contributed by atoms with van der Waals surface area (Å²) in [6, 6.07) is 41.8. The first-order valence-corrected chi connectivity index (χ1v) is 10.6. The Morgan fingerprint density at radius 2 is 0.774 bits per heavy atom. The second-order valence-corrected chi connectivity index (χ2v) is 7.84. The second kappa shape index (κ2) is 8.59. The molecule has 0 radical (unpaired) electrons. The van der Waals surface area contributed by atoms with E-state index in [4.69, 9.17) is 11.6 Å². The fourth-order valence-corrected chi connectivity index (χ4v) is 3.97. The van der Waals surface area contributed by atoms with Gasteiger partial charge in [-0.25, -0.2) is 4.98 Å². The summed E-state index contributed by atoms with van der Waals surface area (Å²) in [5, 5.41) is 0.492. The minimum atomic E-state index is 0.492. The Bertz CT molecular complexity index is 1190. The van der Waals surface area contributed by atoms with Crippen LogP contribution in [0.25, 0.3) is 44.6 Å². The molecule has 0 unspecified atom stereocenters. The molecule has 0 spiro atoms. The summed E-state index contributed by atoms with van der Waals surface area (Å²) in [7, 11) is 0. The topological polar surface area (TPSA) is 12.9 Å². The molecule has 31 heavy (non-hydrogen) atoms. The van der Waals surface area contributed by atoms with Gasteiger partial charge in [-0.05, 0) is 45.5 Å². The van der Waals surface area contributed by atoms with Crippen molar-refractivity contribution in [2.24, 2.45) is 0 Å². The third-order valence-electron chi connectivity index (χ3n) is 5.41. The molecule has 0 saturated carbocycles. The third kappa shape index (κ3) is 4.28. The van der Waals surface area contributed by atoms with E-state index < -0.39 is 0 Å². The van der Waals surface area contributed by atoms with Crippen LogP contribution >= 0.6 is 11.6 Å². The number of rotatable bonds is 4. The Hall–Kier alpha value is -3.68. The number of hydrogen-bond donors (Lipinski definition) is 0. The van der Waals surface area contributed by atoms with Crippen molar-refractivity contribution in [2.45, 2.75) is 0 Å².